The third-order valence-corrected chi connectivity index (χ3v) is 3.67. The molecule has 0 aliphatic heterocycles. The number of Topliss-reactive ketones (excluding diaryl/α,β-unsaturated/α-hetero) is 3. The number of nitrogens with zero attached hydrogens (tertiary/aromatic N) is 1. The first-order valence-electron chi connectivity index (χ1n) is 7.49. The number of aromatic nitrogens is 1. The lowest BCUT2D eigenvalue weighted by molar-refractivity contribution is 0.0810. The summed E-state index contributed by atoms with van der Waals surface area (Å²) in [5.41, 5.74) is 0.954. The number of ether oxygens (including phenoxy) is 1. The molecule has 1 aromatic heterocycles. The van der Waals surface area contributed by atoms with Gasteiger partial charge in [0.15, 0.2) is 5.78 Å². The summed E-state index contributed by atoms with van der Waals surface area (Å²) >= 11 is 0. The molecule has 0 atom stereocenters. The molecule has 2 rings (SSSR count). The number of carbonyl (C=O) groups is 3. The van der Waals surface area contributed by atoms with Crippen molar-refractivity contribution >= 4 is 17.3 Å². The first-order valence-corrected chi connectivity index (χ1v) is 7.49. The van der Waals surface area contributed by atoms with Crippen LogP contribution in [-0.2, 0) is 6.54 Å². The number of hydrogen-bond acceptors (Lipinski definition) is 4. The molecular formula is C18H19NO4. The Hall–Kier alpha value is -2.69. The van der Waals surface area contributed by atoms with E-state index in [4.69, 9.17) is 4.74 Å². The van der Waals surface area contributed by atoms with Gasteiger partial charge >= 0.3 is 0 Å². The molecule has 2 aromatic rings. The Kier molecular flexibility index (Phi) is 5.11. The Morgan fingerprint density at radius 1 is 1.00 bits per heavy atom. The summed E-state index contributed by atoms with van der Waals surface area (Å²) < 4.78 is 6.66. The predicted molar refractivity (Wildman–Crippen MR) is 86.4 cm³/mol. The second-order valence-corrected chi connectivity index (χ2v) is 5.02. The molecule has 0 saturated carbocycles. The SMILES string of the molecule is CCC(=O)c1ccc(C(=O)C(=O)c2cccc(OC)c2)n1CC. The van der Waals surface area contributed by atoms with Crippen LogP contribution in [0.5, 0.6) is 5.75 Å². The number of ketones is 3. The van der Waals surface area contributed by atoms with Crippen LogP contribution in [0.25, 0.3) is 0 Å². The van der Waals surface area contributed by atoms with Gasteiger partial charge in [-0.25, -0.2) is 0 Å². The van der Waals surface area contributed by atoms with Crippen molar-refractivity contribution in [2.75, 3.05) is 7.11 Å². The standard InChI is InChI=1S/C18H19NO4/c1-4-16(20)14-9-10-15(19(14)5-2)18(22)17(21)12-7-6-8-13(11-12)23-3/h6-11H,4-5H2,1-3H3. The lowest BCUT2D eigenvalue weighted by atomic mass is 10.1. The second kappa shape index (κ2) is 7.05. The number of rotatable bonds is 7. The molecule has 0 unspecified atom stereocenters. The van der Waals surface area contributed by atoms with E-state index in [2.05, 4.69) is 0 Å². The molecule has 0 fully saturated rings. The Labute approximate surface area is 134 Å². The first-order chi connectivity index (χ1) is 11.0. The minimum atomic E-state index is -0.629. The molecule has 0 N–H and O–H groups in total. The number of hydrogen-bond donors (Lipinski definition) is 0. The van der Waals surface area contributed by atoms with Gasteiger partial charge in [0.1, 0.15) is 5.75 Å². The van der Waals surface area contributed by atoms with Crippen LogP contribution in [-0.4, -0.2) is 29.0 Å². The maximum absolute atomic E-state index is 12.5. The van der Waals surface area contributed by atoms with E-state index in [-0.39, 0.29) is 17.0 Å². The van der Waals surface area contributed by atoms with Crippen molar-refractivity contribution in [1.29, 1.82) is 0 Å². The zero-order chi connectivity index (χ0) is 17.0. The number of methoxy groups -OCH3 is 1. The van der Waals surface area contributed by atoms with Gasteiger partial charge in [0, 0.05) is 18.5 Å². The highest BCUT2D eigenvalue weighted by atomic mass is 16.5. The van der Waals surface area contributed by atoms with Crippen LogP contribution < -0.4 is 4.74 Å². The van der Waals surface area contributed by atoms with Crippen molar-refractivity contribution in [3.63, 3.8) is 0 Å². The summed E-state index contributed by atoms with van der Waals surface area (Å²) in [6, 6.07) is 9.59. The van der Waals surface area contributed by atoms with Crippen LogP contribution in [0.15, 0.2) is 36.4 Å². The summed E-state index contributed by atoms with van der Waals surface area (Å²) in [6.07, 6.45) is 0.349. The topological polar surface area (TPSA) is 65.4 Å². The van der Waals surface area contributed by atoms with E-state index in [1.807, 2.05) is 6.92 Å². The van der Waals surface area contributed by atoms with E-state index in [0.29, 0.717) is 24.4 Å². The molecule has 0 aliphatic carbocycles. The van der Waals surface area contributed by atoms with Crippen LogP contribution >= 0.6 is 0 Å². The summed E-state index contributed by atoms with van der Waals surface area (Å²) in [5, 5.41) is 0. The fourth-order valence-electron chi connectivity index (χ4n) is 2.44. The van der Waals surface area contributed by atoms with E-state index >= 15 is 0 Å². The summed E-state index contributed by atoms with van der Waals surface area (Å²) in [7, 11) is 1.50. The molecule has 5 heteroatoms. The van der Waals surface area contributed by atoms with E-state index in [1.165, 1.54) is 19.2 Å². The van der Waals surface area contributed by atoms with E-state index in [0.717, 1.165) is 0 Å². The molecule has 0 radical (unpaired) electrons. The molecule has 0 spiro atoms. The third kappa shape index (κ3) is 3.23. The Morgan fingerprint density at radius 2 is 1.70 bits per heavy atom. The monoisotopic (exact) mass is 313 g/mol. The van der Waals surface area contributed by atoms with Gasteiger partial charge in [-0.3, -0.25) is 14.4 Å². The van der Waals surface area contributed by atoms with Crippen molar-refractivity contribution in [3.8, 4) is 5.75 Å². The maximum Gasteiger partial charge on any atom is 0.249 e. The largest absolute Gasteiger partial charge is 0.497 e. The summed E-state index contributed by atoms with van der Waals surface area (Å²) in [4.78, 5) is 36.9. The van der Waals surface area contributed by atoms with E-state index in [1.54, 1.807) is 35.8 Å². The molecule has 1 heterocycles. The average molecular weight is 313 g/mol. The third-order valence-electron chi connectivity index (χ3n) is 3.67. The summed E-state index contributed by atoms with van der Waals surface area (Å²) in [5.74, 6) is -0.793. The van der Waals surface area contributed by atoms with Crippen molar-refractivity contribution < 1.29 is 19.1 Å². The van der Waals surface area contributed by atoms with Gasteiger partial charge in [-0.15, -0.1) is 0 Å². The number of carbonyl (C=O) groups excluding carboxylic acids is 3. The Morgan fingerprint density at radius 3 is 2.30 bits per heavy atom. The molecule has 120 valence electrons. The van der Waals surface area contributed by atoms with Crippen molar-refractivity contribution in [2.45, 2.75) is 26.8 Å². The van der Waals surface area contributed by atoms with Crippen LogP contribution in [0.3, 0.4) is 0 Å². The lowest BCUT2D eigenvalue weighted by Crippen LogP contribution is -2.20. The van der Waals surface area contributed by atoms with E-state index < -0.39 is 11.6 Å². The molecule has 0 aliphatic rings. The smallest absolute Gasteiger partial charge is 0.249 e. The Balaban J connectivity index is 2.38. The Bertz CT molecular complexity index is 758. The molecule has 23 heavy (non-hydrogen) atoms. The highest BCUT2D eigenvalue weighted by molar-refractivity contribution is 6.49. The van der Waals surface area contributed by atoms with Gasteiger partial charge in [-0.05, 0) is 31.2 Å². The van der Waals surface area contributed by atoms with Crippen LogP contribution in [0.4, 0.5) is 0 Å². The van der Waals surface area contributed by atoms with Gasteiger partial charge in [0.2, 0.25) is 11.6 Å². The predicted octanol–water partition coefficient (Wildman–Crippen LogP) is 3.17. The number of benzene rings is 1. The van der Waals surface area contributed by atoms with Gasteiger partial charge in [0.05, 0.1) is 18.5 Å². The molecular weight excluding hydrogens is 294 g/mol. The minimum Gasteiger partial charge on any atom is -0.497 e. The molecule has 5 nitrogen and oxygen atoms in total. The fraction of sp³-hybridized carbons (Fsp3) is 0.278. The fourth-order valence-corrected chi connectivity index (χ4v) is 2.44. The maximum atomic E-state index is 12.5. The van der Waals surface area contributed by atoms with Gasteiger partial charge in [-0.1, -0.05) is 19.1 Å². The quantitative estimate of drug-likeness (QED) is 0.582. The minimum absolute atomic E-state index is 0.0558. The van der Waals surface area contributed by atoms with Crippen LogP contribution in [0, 0.1) is 0 Å². The van der Waals surface area contributed by atoms with Gasteiger partial charge in [-0.2, -0.15) is 0 Å². The van der Waals surface area contributed by atoms with Crippen molar-refractivity contribution in [2.24, 2.45) is 0 Å². The molecule has 0 bridgehead atoms. The highest BCUT2D eigenvalue weighted by Gasteiger charge is 2.24. The van der Waals surface area contributed by atoms with Crippen LogP contribution in [0.1, 0.15) is 51.6 Å². The van der Waals surface area contributed by atoms with Crippen LogP contribution in [0.2, 0.25) is 0 Å². The summed E-state index contributed by atoms with van der Waals surface area (Å²) in [6.45, 7) is 4.04. The zero-order valence-corrected chi connectivity index (χ0v) is 13.5. The molecule has 0 saturated heterocycles. The lowest BCUT2D eigenvalue weighted by Gasteiger charge is -2.09. The van der Waals surface area contributed by atoms with Gasteiger partial charge in [0.25, 0.3) is 0 Å². The molecule has 0 amide bonds. The van der Waals surface area contributed by atoms with E-state index in [9.17, 15) is 14.4 Å². The first kappa shape index (κ1) is 16.7. The van der Waals surface area contributed by atoms with Crippen molar-refractivity contribution in [1.82, 2.24) is 4.57 Å². The highest BCUT2D eigenvalue weighted by Crippen LogP contribution is 2.17. The normalized spacial score (nSPS) is 10.4. The zero-order valence-electron chi connectivity index (χ0n) is 13.5. The second-order valence-electron chi connectivity index (χ2n) is 5.02. The molecule has 1 aromatic carbocycles. The average Bonchev–Trinajstić information content (AvgIpc) is 3.03. The van der Waals surface area contributed by atoms with Gasteiger partial charge < -0.3 is 9.30 Å². The van der Waals surface area contributed by atoms with Crippen molar-refractivity contribution in [3.05, 3.63) is 53.3 Å².